The number of rotatable bonds is 2. The first kappa shape index (κ1) is 8.94. The molecular formula is C11H10FNO. The Morgan fingerprint density at radius 3 is 2.93 bits per heavy atom. The summed E-state index contributed by atoms with van der Waals surface area (Å²) in [6.07, 6.45) is 0.843. The standard InChI is InChI=1S/C11H10FNO/c1-8-6-9-7-10(12)2-3-11(9)13(8)4-5-14/h2-3,5-7H,4H2,1H3. The zero-order chi connectivity index (χ0) is 10.1. The van der Waals surface area contributed by atoms with E-state index in [4.69, 9.17) is 0 Å². The van der Waals surface area contributed by atoms with Gasteiger partial charge in [-0.15, -0.1) is 0 Å². The lowest BCUT2D eigenvalue weighted by Crippen LogP contribution is -2.00. The van der Waals surface area contributed by atoms with Crippen molar-refractivity contribution in [3.8, 4) is 0 Å². The molecule has 2 nitrogen and oxygen atoms in total. The molecule has 0 amide bonds. The largest absolute Gasteiger partial charge is 0.338 e. The molecule has 14 heavy (non-hydrogen) atoms. The summed E-state index contributed by atoms with van der Waals surface area (Å²) in [6, 6.07) is 6.45. The highest BCUT2D eigenvalue weighted by Gasteiger charge is 2.05. The van der Waals surface area contributed by atoms with Gasteiger partial charge in [0.1, 0.15) is 12.1 Å². The zero-order valence-electron chi connectivity index (χ0n) is 7.83. The summed E-state index contributed by atoms with van der Waals surface area (Å²) in [5, 5.41) is 0.837. The number of nitrogens with zero attached hydrogens (tertiary/aromatic N) is 1. The second kappa shape index (κ2) is 3.25. The van der Waals surface area contributed by atoms with Crippen molar-refractivity contribution in [2.75, 3.05) is 0 Å². The van der Waals surface area contributed by atoms with E-state index in [2.05, 4.69) is 0 Å². The second-order valence-corrected chi connectivity index (χ2v) is 3.27. The summed E-state index contributed by atoms with van der Waals surface area (Å²) in [4.78, 5) is 10.4. The van der Waals surface area contributed by atoms with Gasteiger partial charge in [-0.3, -0.25) is 0 Å². The lowest BCUT2D eigenvalue weighted by atomic mass is 10.2. The average molecular weight is 191 g/mol. The van der Waals surface area contributed by atoms with Crippen LogP contribution in [0.25, 0.3) is 10.9 Å². The van der Waals surface area contributed by atoms with E-state index >= 15 is 0 Å². The number of carbonyl (C=O) groups is 1. The molecular weight excluding hydrogens is 181 g/mol. The lowest BCUT2D eigenvalue weighted by molar-refractivity contribution is -0.108. The molecule has 0 aliphatic rings. The van der Waals surface area contributed by atoms with Gasteiger partial charge in [0, 0.05) is 16.6 Å². The molecule has 0 unspecified atom stereocenters. The molecule has 3 heteroatoms. The number of aryl methyl sites for hydroxylation is 1. The molecule has 1 aromatic carbocycles. The molecule has 0 radical (unpaired) electrons. The summed E-state index contributed by atoms with van der Waals surface area (Å²) in [5.74, 6) is -0.249. The fourth-order valence-corrected chi connectivity index (χ4v) is 1.70. The van der Waals surface area contributed by atoms with Crippen molar-refractivity contribution < 1.29 is 9.18 Å². The van der Waals surface area contributed by atoms with Crippen molar-refractivity contribution in [3.05, 3.63) is 35.8 Å². The van der Waals surface area contributed by atoms with E-state index < -0.39 is 0 Å². The van der Waals surface area contributed by atoms with Crippen molar-refractivity contribution in [1.29, 1.82) is 0 Å². The maximum atomic E-state index is 12.9. The molecule has 0 N–H and O–H groups in total. The van der Waals surface area contributed by atoms with E-state index in [1.807, 2.05) is 17.6 Å². The Balaban J connectivity index is 2.70. The molecule has 0 bridgehead atoms. The highest BCUT2D eigenvalue weighted by molar-refractivity contribution is 5.82. The Morgan fingerprint density at radius 2 is 2.21 bits per heavy atom. The van der Waals surface area contributed by atoms with Crippen LogP contribution in [0.4, 0.5) is 4.39 Å². The predicted molar refractivity (Wildman–Crippen MR) is 52.7 cm³/mol. The molecule has 2 rings (SSSR count). The van der Waals surface area contributed by atoms with Gasteiger partial charge in [-0.25, -0.2) is 4.39 Å². The van der Waals surface area contributed by atoms with Crippen LogP contribution in [-0.4, -0.2) is 10.9 Å². The molecule has 0 spiro atoms. The van der Waals surface area contributed by atoms with Gasteiger partial charge in [-0.05, 0) is 31.2 Å². The topological polar surface area (TPSA) is 22.0 Å². The highest BCUT2D eigenvalue weighted by atomic mass is 19.1. The Labute approximate surface area is 81.0 Å². The van der Waals surface area contributed by atoms with Crippen LogP contribution in [0, 0.1) is 12.7 Å². The van der Waals surface area contributed by atoms with Gasteiger partial charge >= 0.3 is 0 Å². The van der Waals surface area contributed by atoms with Crippen molar-refractivity contribution in [2.24, 2.45) is 0 Å². The van der Waals surface area contributed by atoms with Crippen LogP contribution in [0.3, 0.4) is 0 Å². The molecule has 0 atom stereocenters. The van der Waals surface area contributed by atoms with Crippen LogP contribution in [-0.2, 0) is 11.3 Å². The minimum atomic E-state index is -0.249. The number of hydrogen-bond donors (Lipinski definition) is 0. The molecule has 0 fully saturated rings. The van der Waals surface area contributed by atoms with Crippen molar-refractivity contribution in [1.82, 2.24) is 4.57 Å². The van der Waals surface area contributed by atoms with E-state index in [0.29, 0.717) is 6.54 Å². The average Bonchev–Trinajstić information content (AvgIpc) is 2.43. The molecule has 0 aliphatic carbocycles. The van der Waals surface area contributed by atoms with Gasteiger partial charge in [0.05, 0.1) is 6.54 Å². The zero-order valence-corrected chi connectivity index (χ0v) is 7.83. The van der Waals surface area contributed by atoms with E-state index in [1.165, 1.54) is 12.1 Å². The van der Waals surface area contributed by atoms with Crippen LogP contribution in [0.2, 0.25) is 0 Å². The van der Waals surface area contributed by atoms with Crippen LogP contribution in [0.1, 0.15) is 5.69 Å². The first-order valence-electron chi connectivity index (χ1n) is 4.41. The maximum Gasteiger partial charge on any atom is 0.139 e. The van der Waals surface area contributed by atoms with Gasteiger partial charge in [0.2, 0.25) is 0 Å². The van der Waals surface area contributed by atoms with Crippen molar-refractivity contribution in [3.63, 3.8) is 0 Å². The Kier molecular flexibility index (Phi) is 2.08. The summed E-state index contributed by atoms with van der Waals surface area (Å²) in [7, 11) is 0. The molecule has 0 saturated heterocycles. The van der Waals surface area contributed by atoms with E-state index in [0.717, 1.165) is 22.9 Å². The van der Waals surface area contributed by atoms with Gasteiger partial charge < -0.3 is 9.36 Å². The third-order valence-electron chi connectivity index (χ3n) is 2.33. The highest BCUT2D eigenvalue weighted by Crippen LogP contribution is 2.19. The quantitative estimate of drug-likeness (QED) is 0.667. The lowest BCUT2D eigenvalue weighted by Gasteiger charge is -2.02. The van der Waals surface area contributed by atoms with Crippen LogP contribution in [0.15, 0.2) is 24.3 Å². The monoisotopic (exact) mass is 191 g/mol. The molecule has 2 aromatic rings. The first-order valence-corrected chi connectivity index (χ1v) is 4.41. The summed E-state index contributed by atoms with van der Waals surface area (Å²) in [5.41, 5.74) is 1.87. The maximum absolute atomic E-state index is 12.9. The number of benzene rings is 1. The van der Waals surface area contributed by atoms with Crippen LogP contribution in [0.5, 0.6) is 0 Å². The molecule has 72 valence electrons. The summed E-state index contributed by atoms with van der Waals surface area (Å²) < 4.78 is 14.7. The number of halogens is 1. The fourth-order valence-electron chi connectivity index (χ4n) is 1.70. The Bertz CT molecular complexity index is 487. The normalized spacial score (nSPS) is 10.7. The smallest absolute Gasteiger partial charge is 0.139 e. The number of fused-ring (bicyclic) bond motifs is 1. The third kappa shape index (κ3) is 1.31. The number of aromatic nitrogens is 1. The van der Waals surface area contributed by atoms with Crippen molar-refractivity contribution >= 4 is 17.2 Å². The number of aldehydes is 1. The molecule has 0 saturated carbocycles. The minimum absolute atomic E-state index is 0.249. The summed E-state index contributed by atoms with van der Waals surface area (Å²) in [6.45, 7) is 2.22. The molecule has 1 aromatic heterocycles. The van der Waals surface area contributed by atoms with Crippen LogP contribution < -0.4 is 0 Å². The van der Waals surface area contributed by atoms with Crippen LogP contribution >= 0.6 is 0 Å². The second-order valence-electron chi connectivity index (χ2n) is 3.27. The molecule has 0 aliphatic heterocycles. The van der Waals surface area contributed by atoms with Gasteiger partial charge in [0.15, 0.2) is 0 Å². The van der Waals surface area contributed by atoms with E-state index in [1.54, 1.807) is 6.07 Å². The van der Waals surface area contributed by atoms with Gasteiger partial charge in [0.25, 0.3) is 0 Å². The fraction of sp³-hybridized carbons (Fsp3) is 0.182. The minimum Gasteiger partial charge on any atom is -0.338 e. The van der Waals surface area contributed by atoms with Gasteiger partial charge in [-0.1, -0.05) is 0 Å². The van der Waals surface area contributed by atoms with E-state index in [9.17, 15) is 9.18 Å². The number of carbonyl (C=O) groups excluding carboxylic acids is 1. The third-order valence-corrected chi connectivity index (χ3v) is 2.33. The Morgan fingerprint density at radius 1 is 1.43 bits per heavy atom. The molecule has 1 heterocycles. The SMILES string of the molecule is Cc1cc2cc(F)ccc2n1CC=O. The van der Waals surface area contributed by atoms with E-state index in [-0.39, 0.29) is 5.82 Å². The van der Waals surface area contributed by atoms with Crippen molar-refractivity contribution in [2.45, 2.75) is 13.5 Å². The predicted octanol–water partition coefficient (Wildman–Crippen LogP) is 2.29. The summed E-state index contributed by atoms with van der Waals surface area (Å²) >= 11 is 0. The Hall–Kier alpha value is -1.64. The first-order chi connectivity index (χ1) is 6.72. The number of hydrogen-bond acceptors (Lipinski definition) is 1. The van der Waals surface area contributed by atoms with Gasteiger partial charge in [-0.2, -0.15) is 0 Å².